The minimum Gasteiger partial charge on any atom is -0.457 e. The van der Waals surface area contributed by atoms with E-state index in [2.05, 4.69) is 51.7 Å². The van der Waals surface area contributed by atoms with Crippen molar-refractivity contribution in [3.63, 3.8) is 0 Å². The van der Waals surface area contributed by atoms with Crippen molar-refractivity contribution in [1.82, 2.24) is 14.9 Å². The number of pyridine rings is 1. The number of aryl methyl sites for hydroxylation is 2. The Kier molecular flexibility index (Phi) is 16.0. The van der Waals surface area contributed by atoms with Gasteiger partial charge in [-0.15, -0.1) is 0 Å². The van der Waals surface area contributed by atoms with E-state index in [9.17, 15) is 9.59 Å². The van der Waals surface area contributed by atoms with Crippen LogP contribution >= 0.6 is 0 Å². The molecule has 7 heteroatoms. The molecule has 0 saturated carbocycles. The molecule has 1 aliphatic rings. The second-order valence-electron chi connectivity index (χ2n) is 12.4. The quantitative estimate of drug-likeness (QED) is 0.171. The van der Waals surface area contributed by atoms with Crippen molar-refractivity contribution in [3.8, 4) is 45.6 Å². The smallest absolute Gasteiger partial charge is 0.255 e. The summed E-state index contributed by atoms with van der Waals surface area (Å²) in [7, 11) is 1.99. The molecule has 0 saturated heterocycles. The fourth-order valence-corrected chi connectivity index (χ4v) is 4.97. The number of aldehydes is 1. The number of aromatic nitrogens is 2. The van der Waals surface area contributed by atoms with Crippen molar-refractivity contribution in [3.05, 3.63) is 137 Å². The molecule has 0 aliphatic carbocycles. The number of nitriles is 1. The van der Waals surface area contributed by atoms with Gasteiger partial charge in [0.2, 0.25) is 0 Å². The van der Waals surface area contributed by atoms with Crippen LogP contribution in [0.1, 0.15) is 80.9 Å². The van der Waals surface area contributed by atoms with E-state index in [1.165, 1.54) is 12.8 Å². The predicted octanol–water partition coefficient (Wildman–Crippen LogP) is 10.7. The maximum atomic E-state index is 11.9. The van der Waals surface area contributed by atoms with Crippen molar-refractivity contribution in [1.29, 1.82) is 5.26 Å². The van der Waals surface area contributed by atoms with Gasteiger partial charge in [0, 0.05) is 36.5 Å². The number of hydrogen-bond donors (Lipinski definition) is 1. The summed E-state index contributed by atoms with van der Waals surface area (Å²) >= 11 is 0. The van der Waals surface area contributed by atoms with Crippen molar-refractivity contribution in [2.45, 2.75) is 60.8 Å². The number of nitrogens with one attached hydrogen (secondary N) is 1. The average molecular weight is 695 g/mol. The first-order valence-corrected chi connectivity index (χ1v) is 17.8. The van der Waals surface area contributed by atoms with Gasteiger partial charge >= 0.3 is 0 Å². The molecule has 0 bridgehead atoms. The van der Waals surface area contributed by atoms with Crippen LogP contribution in [-0.4, -0.2) is 28.3 Å². The van der Waals surface area contributed by atoms with Gasteiger partial charge in [-0.05, 0) is 78.6 Å². The van der Waals surface area contributed by atoms with Crippen molar-refractivity contribution >= 4 is 18.3 Å². The minimum atomic E-state index is -0.131. The number of carbonyl (C=O) groups excluding carboxylic acids is 2. The molecular formula is C45H50N4O3. The lowest BCUT2D eigenvalue weighted by Gasteiger charge is -2.19. The topological polar surface area (TPSA) is 97.0 Å². The zero-order chi connectivity index (χ0) is 38.0. The van der Waals surface area contributed by atoms with Crippen LogP contribution in [0, 0.1) is 18.3 Å². The highest BCUT2D eigenvalue weighted by atomic mass is 16.5. The molecule has 3 heterocycles. The third-order valence-electron chi connectivity index (χ3n) is 7.50. The SMILES string of the molecule is C=C1Oc2cc(C)ccc2C=C1C(=O)NCCC.CCC.CCC.Cn1cccc1-c1cc(-c2ccc(C=O)cc2)cc(-c2ccc(C#N)cc2)n1. The molecule has 5 aromatic rings. The van der Waals surface area contributed by atoms with Crippen LogP contribution in [0.25, 0.3) is 39.8 Å². The Hall–Kier alpha value is -6.00. The lowest BCUT2D eigenvalue weighted by atomic mass is 10.00. The van der Waals surface area contributed by atoms with Gasteiger partial charge in [0.15, 0.2) is 0 Å². The molecule has 52 heavy (non-hydrogen) atoms. The Morgan fingerprint density at radius 3 is 2.10 bits per heavy atom. The maximum absolute atomic E-state index is 11.9. The Labute approximate surface area is 309 Å². The molecule has 1 N–H and O–H groups in total. The Bertz CT molecular complexity index is 2010. The van der Waals surface area contributed by atoms with Crippen molar-refractivity contribution in [2.75, 3.05) is 6.54 Å². The summed E-state index contributed by atoms with van der Waals surface area (Å²) in [5.74, 6) is 1.03. The fourth-order valence-electron chi connectivity index (χ4n) is 4.97. The summed E-state index contributed by atoms with van der Waals surface area (Å²) in [6.45, 7) is 17.0. The molecule has 2 aromatic heterocycles. The lowest BCUT2D eigenvalue weighted by Crippen LogP contribution is -2.28. The van der Waals surface area contributed by atoms with E-state index in [0.717, 1.165) is 63.4 Å². The minimum absolute atomic E-state index is 0.131. The number of hydrogen-bond acceptors (Lipinski definition) is 5. The largest absolute Gasteiger partial charge is 0.457 e. The number of benzene rings is 3. The van der Waals surface area contributed by atoms with E-state index in [1.807, 2.05) is 111 Å². The van der Waals surface area contributed by atoms with Gasteiger partial charge < -0.3 is 14.6 Å². The summed E-state index contributed by atoms with van der Waals surface area (Å²) in [6, 6.07) is 31.1. The maximum Gasteiger partial charge on any atom is 0.255 e. The highest BCUT2D eigenvalue weighted by Gasteiger charge is 2.21. The second-order valence-corrected chi connectivity index (χ2v) is 12.4. The van der Waals surface area contributed by atoms with E-state index in [0.29, 0.717) is 29.0 Å². The number of carbonyl (C=O) groups is 2. The average Bonchev–Trinajstić information content (AvgIpc) is 3.60. The van der Waals surface area contributed by atoms with Gasteiger partial charge in [-0.25, -0.2) is 4.98 Å². The van der Waals surface area contributed by atoms with Gasteiger partial charge in [-0.3, -0.25) is 9.59 Å². The van der Waals surface area contributed by atoms with Crippen LogP contribution in [0.2, 0.25) is 0 Å². The summed E-state index contributed by atoms with van der Waals surface area (Å²) in [5.41, 5.74) is 9.48. The number of ether oxygens (including phenoxy) is 1. The van der Waals surface area contributed by atoms with Crippen LogP contribution in [0.15, 0.2) is 115 Å². The first kappa shape index (κ1) is 40.4. The molecule has 3 aromatic carbocycles. The number of fused-ring (bicyclic) bond motifs is 1. The van der Waals surface area contributed by atoms with Crippen LogP contribution in [-0.2, 0) is 11.8 Å². The summed E-state index contributed by atoms with van der Waals surface area (Å²) in [5, 5.41) is 11.9. The molecule has 0 radical (unpaired) electrons. The van der Waals surface area contributed by atoms with E-state index >= 15 is 0 Å². The van der Waals surface area contributed by atoms with Crippen LogP contribution in [0.3, 0.4) is 0 Å². The molecule has 268 valence electrons. The number of amides is 1. The highest BCUT2D eigenvalue weighted by Crippen LogP contribution is 2.32. The molecule has 1 amide bonds. The molecular weight excluding hydrogens is 645 g/mol. The standard InChI is InChI=1S/C24H17N3O.C15H17NO2.2C3H8/c1-27-12-2-3-24(27)23-14-21(19-8-6-18(16-28)7-9-19)13-22(26-23)20-10-4-17(15-25)5-11-20;1-4-7-16-15(17)13-9-12-6-5-10(2)8-14(12)18-11(13)3;2*1-3-2/h2-14,16H,1H3;5-6,8-9H,3-4,7H2,1-2H3,(H,16,17);2*3H2,1-2H3. The molecule has 1 aliphatic heterocycles. The normalized spacial score (nSPS) is 11.0. The van der Waals surface area contributed by atoms with Gasteiger partial charge in [-0.1, -0.05) is 103 Å². The van der Waals surface area contributed by atoms with Gasteiger partial charge in [0.05, 0.1) is 34.3 Å². The van der Waals surface area contributed by atoms with E-state index < -0.39 is 0 Å². The van der Waals surface area contributed by atoms with Crippen molar-refractivity contribution in [2.24, 2.45) is 7.05 Å². The monoisotopic (exact) mass is 694 g/mol. The first-order chi connectivity index (χ1) is 25.1. The van der Waals surface area contributed by atoms with E-state index in [4.69, 9.17) is 15.0 Å². The van der Waals surface area contributed by atoms with Gasteiger partial charge in [-0.2, -0.15) is 5.26 Å². The third-order valence-corrected chi connectivity index (χ3v) is 7.50. The summed E-state index contributed by atoms with van der Waals surface area (Å²) in [4.78, 5) is 27.7. The van der Waals surface area contributed by atoms with Gasteiger partial charge in [0.1, 0.15) is 17.8 Å². The Morgan fingerprint density at radius 2 is 1.52 bits per heavy atom. The molecule has 0 spiro atoms. The highest BCUT2D eigenvalue weighted by molar-refractivity contribution is 6.02. The van der Waals surface area contributed by atoms with Gasteiger partial charge in [0.25, 0.3) is 5.91 Å². The summed E-state index contributed by atoms with van der Waals surface area (Å²) in [6.07, 6.45) is 8.06. The lowest BCUT2D eigenvalue weighted by molar-refractivity contribution is -0.117. The number of rotatable bonds is 7. The van der Waals surface area contributed by atoms with E-state index in [-0.39, 0.29) is 5.91 Å². The van der Waals surface area contributed by atoms with Crippen LogP contribution < -0.4 is 10.1 Å². The summed E-state index contributed by atoms with van der Waals surface area (Å²) < 4.78 is 7.63. The van der Waals surface area contributed by atoms with Crippen LogP contribution in [0.5, 0.6) is 5.75 Å². The Balaban J connectivity index is 0.000000261. The zero-order valence-electron chi connectivity index (χ0n) is 31.5. The Morgan fingerprint density at radius 1 is 0.885 bits per heavy atom. The second kappa shape index (κ2) is 20.6. The van der Waals surface area contributed by atoms with Crippen LogP contribution in [0.4, 0.5) is 0 Å². The molecule has 7 nitrogen and oxygen atoms in total. The zero-order valence-corrected chi connectivity index (χ0v) is 31.5. The van der Waals surface area contributed by atoms with Crippen molar-refractivity contribution < 1.29 is 14.3 Å². The third kappa shape index (κ3) is 11.3. The fraction of sp³-hybridized carbons (Fsp3) is 0.244. The molecule has 6 rings (SSSR count). The predicted molar refractivity (Wildman–Crippen MR) is 214 cm³/mol. The molecule has 0 fully saturated rings. The molecule has 0 atom stereocenters. The first-order valence-electron chi connectivity index (χ1n) is 17.8. The number of nitrogens with zero attached hydrogens (tertiary/aromatic N) is 3. The van der Waals surface area contributed by atoms with E-state index in [1.54, 1.807) is 12.1 Å². The molecule has 0 unspecified atom stereocenters.